The topological polar surface area (TPSA) is 61.4 Å². The van der Waals surface area contributed by atoms with Gasteiger partial charge in [-0.2, -0.15) is 0 Å². The molecule has 0 fully saturated rings. The summed E-state index contributed by atoms with van der Waals surface area (Å²) < 4.78 is 12.7. The molecule has 0 bridgehead atoms. The quantitative estimate of drug-likeness (QED) is 0.751. The smallest absolute Gasteiger partial charge is 0.238 e. The number of benzene rings is 1. The Labute approximate surface area is 111 Å². The maximum absolute atomic E-state index is 12.7. The zero-order chi connectivity index (χ0) is 14.3. The number of hydrogen-bond acceptors (Lipinski definition) is 3. The zero-order valence-electron chi connectivity index (χ0n) is 11.1. The first-order valence-electron chi connectivity index (χ1n) is 5.95. The van der Waals surface area contributed by atoms with Crippen molar-refractivity contribution in [3.8, 4) is 0 Å². The van der Waals surface area contributed by atoms with E-state index in [4.69, 9.17) is 0 Å². The number of carbonyl (C=O) groups is 2. The van der Waals surface area contributed by atoms with Gasteiger partial charge >= 0.3 is 0 Å². The van der Waals surface area contributed by atoms with E-state index in [2.05, 4.69) is 10.6 Å². The van der Waals surface area contributed by atoms with Gasteiger partial charge in [-0.1, -0.05) is 0 Å². The molecule has 0 aliphatic rings. The molecule has 0 saturated heterocycles. The van der Waals surface area contributed by atoms with E-state index in [9.17, 15) is 14.0 Å². The molecular weight excluding hydrogens is 249 g/mol. The van der Waals surface area contributed by atoms with Crippen molar-refractivity contribution >= 4 is 17.5 Å². The number of hydrogen-bond donors (Lipinski definition) is 2. The van der Waals surface area contributed by atoms with Crippen molar-refractivity contribution in [2.45, 2.75) is 6.42 Å². The van der Waals surface area contributed by atoms with Crippen LogP contribution in [0.15, 0.2) is 24.3 Å². The molecule has 0 aromatic heterocycles. The molecule has 5 nitrogen and oxygen atoms in total. The van der Waals surface area contributed by atoms with Crippen LogP contribution in [0.5, 0.6) is 0 Å². The molecule has 1 aromatic rings. The van der Waals surface area contributed by atoms with Gasteiger partial charge in [-0.25, -0.2) is 4.39 Å². The number of nitrogens with zero attached hydrogens (tertiary/aromatic N) is 1. The van der Waals surface area contributed by atoms with Gasteiger partial charge in [0.15, 0.2) is 0 Å². The largest absolute Gasteiger partial charge is 0.349 e. The molecule has 0 atom stereocenters. The van der Waals surface area contributed by atoms with E-state index in [1.807, 2.05) is 0 Å². The molecule has 2 N–H and O–H groups in total. The second kappa shape index (κ2) is 7.48. The fourth-order valence-electron chi connectivity index (χ4n) is 1.36. The highest BCUT2D eigenvalue weighted by molar-refractivity contribution is 5.92. The van der Waals surface area contributed by atoms with E-state index < -0.39 is 0 Å². The fourth-order valence-corrected chi connectivity index (χ4v) is 1.36. The Morgan fingerprint density at radius 3 is 2.42 bits per heavy atom. The molecule has 1 rings (SSSR count). The summed E-state index contributed by atoms with van der Waals surface area (Å²) in [5.74, 6) is -0.575. The highest BCUT2D eigenvalue weighted by Gasteiger charge is 2.05. The molecule has 0 heterocycles. The monoisotopic (exact) mass is 267 g/mol. The Morgan fingerprint density at radius 1 is 1.21 bits per heavy atom. The maximum atomic E-state index is 12.7. The summed E-state index contributed by atoms with van der Waals surface area (Å²) in [7, 11) is 3.37. The molecule has 104 valence electrons. The van der Waals surface area contributed by atoms with Gasteiger partial charge in [0.05, 0.1) is 6.54 Å². The van der Waals surface area contributed by atoms with Crippen molar-refractivity contribution in [1.29, 1.82) is 0 Å². The summed E-state index contributed by atoms with van der Waals surface area (Å²) >= 11 is 0. The summed E-state index contributed by atoms with van der Waals surface area (Å²) in [6, 6.07) is 5.53. The van der Waals surface area contributed by atoms with E-state index in [1.165, 1.54) is 29.2 Å². The van der Waals surface area contributed by atoms with Gasteiger partial charge in [-0.15, -0.1) is 0 Å². The van der Waals surface area contributed by atoms with Crippen molar-refractivity contribution < 1.29 is 14.0 Å². The van der Waals surface area contributed by atoms with Crippen LogP contribution in [0, 0.1) is 5.82 Å². The van der Waals surface area contributed by atoms with Crippen LogP contribution < -0.4 is 10.6 Å². The Bertz CT molecular complexity index is 432. The maximum Gasteiger partial charge on any atom is 0.238 e. The molecule has 0 aliphatic heterocycles. The summed E-state index contributed by atoms with van der Waals surface area (Å²) in [5, 5.41) is 5.49. The molecule has 1 aromatic carbocycles. The Kier molecular flexibility index (Phi) is 5.95. The Morgan fingerprint density at radius 2 is 1.84 bits per heavy atom. The van der Waals surface area contributed by atoms with Gasteiger partial charge in [-0.3, -0.25) is 9.59 Å². The lowest BCUT2D eigenvalue weighted by Crippen LogP contribution is -2.31. The highest BCUT2D eigenvalue weighted by Crippen LogP contribution is 2.07. The van der Waals surface area contributed by atoms with Gasteiger partial charge in [0.25, 0.3) is 0 Å². The van der Waals surface area contributed by atoms with Crippen molar-refractivity contribution in [3.63, 3.8) is 0 Å². The van der Waals surface area contributed by atoms with E-state index in [1.54, 1.807) is 14.1 Å². The average molecular weight is 267 g/mol. The van der Waals surface area contributed by atoms with Crippen LogP contribution in [-0.4, -0.2) is 43.9 Å². The van der Waals surface area contributed by atoms with Crippen LogP contribution in [0.3, 0.4) is 0 Å². The second-order valence-corrected chi connectivity index (χ2v) is 4.27. The number of anilines is 1. The number of carbonyl (C=O) groups excluding carboxylic acids is 2. The molecule has 0 spiro atoms. The predicted octanol–water partition coefficient (Wildman–Crippen LogP) is 0.832. The molecule has 2 amide bonds. The Balaban J connectivity index is 2.21. The fraction of sp³-hybridized carbons (Fsp3) is 0.385. The number of rotatable bonds is 6. The number of halogens is 1. The van der Waals surface area contributed by atoms with Crippen molar-refractivity contribution in [2.24, 2.45) is 0 Å². The van der Waals surface area contributed by atoms with E-state index in [0.717, 1.165) is 0 Å². The van der Waals surface area contributed by atoms with Gasteiger partial charge in [-0.05, 0) is 24.3 Å². The first kappa shape index (κ1) is 15.1. The molecule has 0 radical (unpaired) electrons. The molecule has 0 aliphatic carbocycles. The van der Waals surface area contributed by atoms with Gasteiger partial charge in [0, 0.05) is 32.7 Å². The standard InChI is InChI=1S/C13H18FN3O2/c1-17(2)13(19)7-8-15-9-12(18)16-11-5-3-10(14)4-6-11/h3-6,15H,7-9H2,1-2H3,(H,16,18). The normalized spacial score (nSPS) is 10.1. The first-order chi connectivity index (χ1) is 8.99. The van der Waals surface area contributed by atoms with Gasteiger partial charge < -0.3 is 15.5 Å². The lowest BCUT2D eigenvalue weighted by Gasteiger charge is -2.10. The minimum absolute atomic E-state index is 0.00597. The highest BCUT2D eigenvalue weighted by atomic mass is 19.1. The van der Waals surface area contributed by atoms with Crippen molar-refractivity contribution in [1.82, 2.24) is 10.2 Å². The number of amides is 2. The van der Waals surface area contributed by atoms with E-state index >= 15 is 0 Å². The van der Waals surface area contributed by atoms with E-state index in [-0.39, 0.29) is 24.2 Å². The molecule has 0 unspecified atom stereocenters. The van der Waals surface area contributed by atoms with Crippen LogP contribution in [-0.2, 0) is 9.59 Å². The molecule has 6 heteroatoms. The van der Waals surface area contributed by atoms with Gasteiger partial charge in [0.1, 0.15) is 5.82 Å². The average Bonchev–Trinajstić information content (AvgIpc) is 2.37. The summed E-state index contributed by atoms with van der Waals surface area (Å²) in [6.07, 6.45) is 0.344. The lowest BCUT2D eigenvalue weighted by atomic mass is 10.3. The molecule has 0 saturated carbocycles. The van der Waals surface area contributed by atoms with Crippen LogP contribution in [0.25, 0.3) is 0 Å². The minimum Gasteiger partial charge on any atom is -0.349 e. The molecular formula is C13H18FN3O2. The van der Waals surface area contributed by atoms with Gasteiger partial charge in [0.2, 0.25) is 11.8 Å². The summed E-state index contributed by atoms with van der Waals surface area (Å²) in [4.78, 5) is 24.3. The van der Waals surface area contributed by atoms with E-state index in [0.29, 0.717) is 18.7 Å². The number of nitrogens with one attached hydrogen (secondary N) is 2. The SMILES string of the molecule is CN(C)C(=O)CCNCC(=O)Nc1ccc(F)cc1. The first-order valence-corrected chi connectivity index (χ1v) is 5.95. The Hall–Kier alpha value is -1.95. The summed E-state index contributed by atoms with van der Waals surface area (Å²) in [5.41, 5.74) is 0.539. The third-order valence-corrected chi connectivity index (χ3v) is 2.43. The van der Waals surface area contributed by atoms with Crippen LogP contribution in [0.4, 0.5) is 10.1 Å². The molecule has 19 heavy (non-hydrogen) atoms. The zero-order valence-corrected chi connectivity index (χ0v) is 11.1. The van der Waals surface area contributed by atoms with Crippen LogP contribution in [0.2, 0.25) is 0 Å². The van der Waals surface area contributed by atoms with Crippen molar-refractivity contribution in [2.75, 3.05) is 32.5 Å². The third-order valence-electron chi connectivity index (χ3n) is 2.43. The predicted molar refractivity (Wildman–Crippen MR) is 71.2 cm³/mol. The second-order valence-electron chi connectivity index (χ2n) is 4.27. The van der Waals surface area contributed by atoms with Crippen LogP contribution >= 0.6 is 0 Å². The van der Waals surface area contributed by atoms with Crippen molar-refractivity contribution in [3.05, 3.63) is 30.1 Å². The third kappa shape index (κ3) is 5.96. The minimum atomic E-state index is -0.349. The van der Waals surface area contributed by atoms with Crippen LogP contribution in [0.1, 0.15) is 6.42 Å². The summed E-state index contributed by atoms with van der Waals surface area (Å²) in [6.45, 7) is 0.548. The lowest BCUT2D eigenvalue weighted by molar-refractivity contribution is -0.128.